The fourth-order valence-corrected chi connectivity index (χ4v) is 4.79. The Morgan fingerprint density at radius 1 is 0.500 bits per heavy atom. The van der Waals surface area contributed by atoms with E-state index in [1.807, 2.05) is 97.2 Å². The number of benzene rings is 2. The minimum absolute atomic E-state index is 0. The average Bonchev–Trinajstić information content (AvgIpc) is 3.88. The van der Waals surface area contributed by atoms with Crippen LogP contribution in [0.2, 0.25) is 0 Å². The molecule has 0 saturated heterocycles. The minimum Gasteiger partial charge on any atom is -0.461 e. The fraction of sp³-hybridized carbons (Fsp3) is 0. The molecule has 0 atom stereocenters. The van der Waals surface area contributed by atoms with Crippen molar-refractivity contribution >= 4 is 68.3 Å². The molecular formula is C36H26N7Zn-. The summed E-state index contributed by atoms with van der Waals surface area (Å²) in [6.45, 7) is 0. The van der Waals surface area contributed by atoms with Crippen LogP contribution in [0.25, 0.3) is 68.3 Å². The van der Waals surface area contributed by atoms with Crippen LogP contribution in [0.5, 0.6) is 0 Å². The number of pyridine rings is 1. The van der Waals surface area contributed by atoms with E-state index in [9.17, 15) is 0 Å². The van der Waals surface area contributed by atoms with Crippen molar-refractivity contribution in [1.29, 1.82) is 0 Å². The zero-order chi connectivity index (χ0) is 28.8. The first-order chi connectivity index (χ1) is 21.2. The average molecular weight is 622 g/mol. The summed E-state index contributed by atoms with van der Waals surface area (Å²) < 4.78 is 0. The van der Waals surface area contributed by atoms with Crippen molar-refractivity contribution < 1.29 is 19.5 Å². The van der Waals surface area contributed by atoms with Crippen LogP contribution in [0.1, 0.15) is 22.8 Å². The van der Waals surface area contributed by atoms with Crippen molar-refractivity contribution in [2.75, 3.05) is 0 Å². The van der Waals surface area contributed by atoms with Gasteiger partial charge in [-0.25, -0.2) is 9.97 Å². The van der Waals surface area contributed by atoms with E-state index in [0.29, 0.717) is 0 Å². The van der Waals surface area contributed by atoms with Crippen LogP contribution < -0.4 is 0 Å². The number of nitrogens with one attached hydrogen (secondary N) is 3. The number of hydrogen-bond donors (Lipinski definition) is 3. The summed E-state index contributed by atoms with van der Waals surface area (Å²) in [5.41, 5.74) is 10.9. The van der Waals surface area contributed by atoms with Gasteiger partial charge in [0.05, 0.1) is 28.3 Å². The molecule has 8 bridgehead atoms. The molecule has 5 aromatic heterocycles. The summed E-state index contributed by atoms with van der Waals surface area (Å²) in [5, 5.41) is 1.20. The summed E-state index contributed by atoms with van der Waals surface area (Å²) in [6, 6.07) is 36.3. The van der Waals surface area contributed by atoms with Crippen molar-refractivity contribution in [1.82, 2.24) is 34.9 Å². The predicted octanol–water partition coefficient (Wildman–Crippen LogP) is 8.25. The molecule has 208 valence electrons. The van der Waals surface area contributed by atoms with Crippen LogP contribution in [0.3, 0.4) is 0 Å². The molecule has 2 aliphatic heterocycles. The fourth-order valence-electron chi connectivity index (χ4n) is 4.79. The maximum Gasteiger partial charge on any atom is 0.0701 e. The zero-order valence-corrected chi connectivity index (χ0v) is 26.7. The van der Waals surface area contributed by atoms with Crippen molar-refractivity contribution in [3.05, 3.63) is 144 Å². The van der Waals surface area contributed by atoms with Crippen LogP contribution >= 0.6 is 0 Å². The quantitative estimate of drug-likeness (QED) is 0.117. The van der Waals surface area contributed by atoms with E-state index >= 15 is 0 Å². The van der Waals surface area contributed by atoms with Gasteiger partial charge in [0.25, 0.3) is 0 Å². The number of rotatable bonds is 0. The van der Waals surface area contributed by atoms with Gasteiger partial charge < -0.3 is 19.9 Å². The van der Waals surface area contributed by atoms with Gasteiger partial charge in [-0.1, -0.05) is 47.4 Å². The Morgan fingerprint density at radius 3 is 1.64 bits per heavy atom. The second kappa shape index (κ2) is 13.2. The zero-order valence-electron chi connectivity index (χ0n) is 23.8. The summed E-state index contributed by atoms with van der Waals surface area (Å²) in [4.78, 5) is 27.0. The first-order valence-electron chi connectivity index (χ1n) is 13.9. The molecule has 0 amide bonds. The number of hydrogen-bond acceptors (Lipinski definition) is 4. The minimum atomic E-state index is 0. The summed E-state index contributed by atoms with van der Waals surface area (Å²) in [7, 11) is 0. The van der Waals surface area contributed by atoms with Gasteiger partial charge in [0.15, 0.2) is 0 Å². The molecule has 8 heteroatoms. The van der Waals surface area contributed by atoms with Crippen molar-refractivity contribution in [2.45, 2.75) is 0 Å². The predicted molar refractivity (Wildman–Crippen MR) is 176 cm³/mol. The van der Waals surface area contributed by atoms with E-state index in [-0.39, 0.29) is 19.5 Å². The molecule has 44 heavy (non-hydrogen) atoms. The van der Waals surface area contributed by atoms with Gasteiger partial charge in [0.1, 0.15) is 0 Å². The molecule has 2 aromatic carbocycles. The molecule has 3 N–H and O–H groups in total. The molecule has 7 heterocycles. The van der Waals surface area contributed by atoms with E-state index in [2.05, 4.69) is 83.7 Å². The van der Waals surface area contributed by atoms with Crippen LogP contribution in [0, 0.1) is 6.33 Å². The molecule has 0 spiro atoms. The van der Waals surface area contributed by atoms with Gasteiger partial charge in [-0.3, -0.25) is 4.98 Å². The van der Waals surface area contributed by atoms with Crippen molar-refractivity contribution in [3.8, 4) is 0 Å². The van der Waals surface area contributed by atoms with Crippen molar-refractivity contribution in [2.24, 2.45) is 0 Å². The molecular weight excluding hydrogens is 596 g/mol. The molecule has 9 rings (SSSR count). The number of aromatic amines is 3. The third kappa shape index (κ3) is 6.94. The molecule has 0 aliphatic carbocycles. The van der Waals surface area contributed by atoms with Gasteiger partial charge in [0, 0.05) is 53.1 Å². The van der Waals surface area contributed by atoms with E-state index in [1.165, 1.54) is 5.39 Å². The third-order valence-electron chi connectivity index (χ3n) is 6.83. The first-order valence-corrected chi connectivity index (χ1v) is 13.9. The summed E-state index contributed by atoms with van der Waals surface area (Å²) in [6.07, 6.45) is 12.5. The van der Waals surface area contributed by atoms with Crippen LogP contribution in [0.4, 0.5) is 0 Å². The molecule has 7 nitrogen and oxygen atoms in total. The molecule has 0 unspecified atom stereocenters. The van der Waals surface area contributed by atoms with Crippen LogP contribution in [-0.2, 0) is 19.5 Å². The third-order valence-corrected chi connectivity index (χ3v) is 6.83. The van der Waals surface area contributed by atoms with E-state index in [4.69, 9.17) is 0 Å². The number of aromatic nitrogens is 7. The Bertz CT molecular complexity index is 2090. The second-order valence-corrected chi connectivity index (χ2v) is 9.97. The second-order valence-electron chi connectivity index (χ2n) is 9.97. The monoisotopic (exact) mass is 620 g/mol. The number of imidazole rings is 1. The van der Waals surface area contributed by atoms with E-state index in [0.717, 1.165) is 61.4 Å². The maximum absolute atomic E-state index is 4.62. The Hall–Kier alpha value is -5.46. The molecule has 7 aromatic rings. The van der Waals surface area contributed by atoms with Crippen LogP contribution in [-0.4, -0.2) is 34.9 Å². The Balaban J connectivity index is 0.000000141. The van der Waals surface area contributed by atoms with E-state index in [1.54, 1.807) is 0 Å². The Kier molecular flexibility index (Phi) is 8.62. The SMILES string of the molecule is C1=Cc2cc3ccc(cc4ccc(cc5nc(cc1n2)C=C5)[nH]4)[nH]3.[Zn].[c-]1nc2ccccc2[nH]1.c1ccc2ncccc2c1. The smallest absolute Gasteiger partial charge is 0.0701 e. The number of fused-ring (bicyclic) bond motifs is 10. The van der Waals surface area contributed by atoms with Gasteiger partial charge >= 0.3 is 0 Å². The molecule has 0 radical (unpaired) electrons. The molecule has 0 saturated carbocycles. The maximum atomic E-state index is 4.62. The number of para-hydroxylation sites is 3. The topological polar surface area (TPSA) is 98.9 Å². The largest absolute Gasteiger partial charge is 0.461 e. The number of nitrogens with zero attached hydrogens (tertiary/aromatic N) is 4. The summed E-state index contributed by atoms with van der Waals surface area (Å²) >= 11 is 0. The van der Waals surface area contributed by atoms with Gasteiger partial charge in [-0.05, 0) is 91.3 Å². The number of H-pyrrole nitrogens is 3. The Labute approximate surface area is 266 Å². The first kappa shape index (κ1) is 28.7. The van der Waals surface area contributed by atoms with Crippen LogP contribution in [0.15, 0.2) is 115 Å². The Morgan fingerprint density at radius 2 is 1.02 bits per heavy atom. The molecule has 2 aliphatic rings. The normalized spacial score (nSPS) is 11.3. The van der Waals surface area contributed by atoms with Crippen molar-refractivity contribution in [3.63, 3.8) is 0 Å². The molecule has 0 fully saturated rings. The van der Waals surface area contributed by atoms with Gasteiger partial charge in [-0.15, -0.1) is 12.1 Å². The van der Waals surface area contributed by atoms with Gasteiger partial charge in [0.2, 0.25) is 0 Å². The summed E-state index contributed by atoms with van der Waals surface area (Å²) in [5.74, 6) is 0. The standard InChI is InChI=1S/C20H14N4.C9H7N.C7H5N2.Zn/c1-2-14-10-16-5-6-18(23-16)12-20-8-7-19(24-20)11-17-4-3-15(22-17)9-13(1)21-14;1-2-6-9-8(4-1)5-3-7-10-9;1-2-4-7-6(3-1)8-5-9-7;/h1-12,21-22H;1-7H;1-4H,(H,8,9);/q;;-1;. The van der Waals surface area contributed by atoms with Gasteiger partial charge in [-0.2, -0.15) is 0 Å². The van der Waals surface area contributed by atoms with E-state index < -0.39 is 0 Å².